The van der Waals surface area contributed by atoms with Gasteiger partial charge in [0.05, 0.1) is 17.5 Å². The summed E-state index contributed by atoms with van der Waals surface area (Å²) in [6.07, 6.45) is 5.56. The zero-order chi connectivity index (χ0) is 25.4. The molecule has 5 rings (SSSR count). The van der Waals surface area contributed by atoms with Gasteiger partial charge in [0.2, 0.25) is 5.91 Å². The number of nitrogens with one attached hydrogen (secondary N) is 3. The fourth-order valence-corrected chi connectivity index (χ4v) is 5.73. The Morgan fingerprint density at radius 2 is 1.72 bits per heavy atom. The van der Waals surface area contributed by atoms with E-state index >= 15 is 4.39 Å². The summed E-state index contributed by atoms with van der Waals surface area (Å²) >= 11 is 0. The van der Waals surface area contributed by atoms with Crippen LogP contribution in [0.3, 0.4) is 0 Å². The first kappa shape index (κ1) is 24.0. The fraction of sp³-hybridized carbons (Fsp3) is 0.345. The van der Waals surface area contributed by atoms with Crippen LogP contribution in [0.2, 0.25) is 0 Å². The molecule has 7 heteroatoms. The first-order chi connectivity index (χ1) is 17.3. The van der Waals surface area contributed by atoms with Crippen molar-refractivity contribution in [1.29, 1.82) is 0 Å². The van der Waals surface area contributed by atoms with E-state index in [2.05, 4.69) is 21.7 Å². The maximum absolute atomic E-state index is 15.0. The summed E-state index contributed by atoms with van der Waals surface area (Å²) in [6, 6.07) is 12.4. The van der Waals surface area contributed by atoms with Gasteiger partial charge in [-0.2, -0.15) is 0 Å². The molecule has 2 amide bonds. The number of carbonyl (C=O) groups is 2. The molecule has 0 unspecified atom stereocenters. The molecule has 1 saturated carbocycles. The van der Waals surface area contributed by atoms with E-state index in [0.717, 1.165) is 48.1 Å². The average molecular weight is 488 g/mol. The van der Waals surface area contributed by atoms with Gasteiger partial charge in [-0.05, 0) is 72.7 Å². The van der Waals surface area contributed by atoms with Crippen molar-refractivity contribution in [2.24, 2.45) is 0 Å². The number of H-pyrrole nitrogens is 1. The van der Waals surface area contributed by atoms with Gasteiger partial charge in [-0.1, -0.05) is 43.5 Å². The van der Waals surface area contributed by atoms with E-state index in [1.165, 1.54) is 24.1 Å². The Morgan fingerprint density at radius 3 is 2.44 bits per heavy atom. The highest BCUT2D eigenvalue weighted by Gasteiger charge is 2.40. The van der Waals surface area contributed by atoms with Crippen LogP contribution >= 0.6 is 0 Å². The van der Waals surface area contributed by atoms with Crippen LogP contribution < -0.4 is 16.2 Å². The molecule has 1 aliphatic heterocycles. The van der Waals surface area contributed by atoms with Crippen molar-refractivity contribution in [3.63, 3.8) is 0 Å². The number of halogens is 1. The molecular weight excluding hydrogens is 457 g/mol. The Labute approximate surface area is 209 Å². The number of hydrogen-bond donors (Lipinski definition) is 3. The summed E-state index contributed by atoms with van der Waals surface area (Å²) in [6.45, 7) is 3.60. The largest absolute Gasteiger partial charge is 0.348 e. The minimum Gasteiger partial charge on any atom is -0.348 e. The van der Waals surface area contributed by atoms with Crippen LogP contribution in [0.15, 0.2) is 47.3 Å². The molecular formula is C29H30FN3O3. The summed E-state index contributed by atoms with van der Waals surface area (Å²) in [5.74, 6) is -1.19. The summed E-state index contributed by atoms with van der Waals surface area (Å²) < 4.78 is 15.0. The van der Waals surface area contributed by atoms with E-state index < -0.39 is 11.7 Å². The van der Waals surface area contributed by atoms with Gasteiger partial charge in [0.25, 0.3) is 11.5 Å². The maximum Gasteiger partial charge on any atom is 0.254 e. The van der Waals surface area contributed by atoms with E-state index in [4.69, 9.17) is 0 Å². The minimum atomic E-state index is -0.640. The van der Waals surface area contributed by atoms with E-state index in [9.17, 15) is 14.4 Å². The van der Waals surface area contributed by atoms with Crippen LogP contribution in [0.25, 0.3) is 11.1 Å². The van der Waals surface area contributed by atoms with Crippen molar-refractivity contribution >= 4 is 11.8 Å². The highest BCUT2D eigenvalue weighted by molar-refractivity contribution is 5.95. The first-order valence-electron chi connectivity index (χ1n) is 12.5. The highest BCUT2D eigenvalue weighted by atomic mass is 19.1. The molecule has 2 heterocycles. The number of fused-ring (bicyclic) bond motifs is 2. The topological polar surface area (TPSA) is 91.1 Å². The molecule has 2 aromatic carbocycles. The van der Waals surface area contributed by atoms with Gasteiger partial charge in [-0.25, -0.2) is 4.39 Å². The van der Waals surface area contributed by atoms with Crippen molar-refractivity contribution in [2.75, 3.05) is 0 Å². The van der Waals surface area contributed by atoms with Crippen LogP contribution in [-0.4, -0.2) is 16.8 Å². The second-order valence-electron chi connectivity index (χ2n) is 10.1. The second-order valence-corrected chi connectivity index (χ2v) is 10.1. The van der Waals surface area contributed by atoms with Crippen LogP contribution in [0.4, 0.5) is 4.39 Å². The molecule has 0 atom stereocenters. The van der Waals surface area contributed by atoms with Gasteiger partial charge in [-0.15, -0.1) is 0 Å². The predicted molar refractivity (Wildman–Crippen MR) is 136 cm³/mol. The SMILES string of the molecule is Cc1cc(C)c(CNC(=O)c2ccc(-c3ccc4c(c3)CC(=O)NC43CCCCC3)cc2F)c(=O)[nH]1. The van der Waals surface area contributed by atoms with Crippen molar-refractivity contribution in [1.82, 2.24) is 15.6 Å². The molecule has 3 N–H and O–H groups in total. The summed E-state index contributed by atoms with van der Waals surface area (Å²) in [7, 11) is 0. The molecule has 3 aromatic rings. The summed E-state index contributed by atoms with van der Waals surface area (Å²) in [5, 5.41) is 5.90. The molecule has 1 fully saturated rings. The fourth-order valence-electron chi connectivity index (χ4n) is 5.73. The lowest BCUT2D eigenvalue weighted by Crippen LogP contribution is -2.51. The van der Waals surface area contributed by atoms with Gasteiger partial charge >= 0.3 is 0 Å². The molecule has 1 aromatic heterocycles. The van der Waals surface area contributed by atoms with Gasteiger partial charge in [0, 0.05) is 17.8 Å². The molecule has 0 bridgehead atoms. The number of hydrogen-bond acceptors (Lipinski definition) is 3. The van der Waals surface area contributed by atoms with Crippen LogP contribution in [0.1, 0.15) is 70.4 Å². The molecule has 0 radical (unpaired) electrons. The Kier molecular flexibility index (Phi) is 6.24. The minimum absolute atomic E-state index is 0.0100. The number of amides is 2. The van der Waals surface area contributed by atoms with Gasteiger partial charge in [0.15, 0.2) is 0 Å². The number of aromatic nitrogens is 1. The predicted octanol–water partition coefficient (Wildman–Crippen LogP) is 4.56. The van der Waals surface area contributed by atoms with Crippen LogP contribution in [0.5, 0.6) is 0 Å². The number of aromatic amines is 1. The van der Waals surface area contributed by atoms with Crippen molar-refractivity contribution in [2.45, 2.75) is 64.5 Å². The highest BCUT2D eigenvalue weighted by Crippen LogP contribution is 2.42. The lowest BCUT2D eigenvalue weighted by Gasteiger charge is -2.42. The molecule has 186 valence electrons. The molecule has 1 spiro atoms. The molecule has 0 saturated heterocycles. The van der Waals surface area contributed by atoms with E-state index in [1.54, 1.807) is 19.9 Å². The quantitative estimate of drug-likeness (QED) is 0.504. The standard InChI is InChI=1S/C29H30FN3O3/c1-17-12-18(2)32-28(36)23(17)16-31-27(35)22-8-6-20(14-25(22)30)19-7-9-24-21(13-19)15-26(34)33-29(24)10-4-3-5-11-29/h6-9,12-14H,3-5,10-11,15-16H2,1-2H3,(H,31,35)(H,32,36)(H,33,34). The number of rotatable bonds is 4. The second kappa shape index (κ2) is 9.37. The first-order valence-corrected chi connectivity index (χ1v) is 12.5. The molecule has 6 nitrogen and oxygen atoms in total. The number of aryl methyl sites for hydroxylation is 2. The van der Waals surface area contributed by atoms with Crippen molar-refractivity contribution in [3.05, 3.63) is 92.1 Å². The third kappa shape index (κ3) is 4.45. The number of pyridine rings is 1. The Morgan fingerprint density at radius 1 is 1.00 bits per heavy atom. The third-order valence-corrected chi connectivity index (χ3v) is 7.52. The molecule has 2 aliphatic rings. The zero-order valence-corrected chi connectivity index (χ0v) is 20.6. The molecule has 36 heavy (non-hydrogen) atoms. The van der Waals surface area contributed by atoms with Gasteiger partial charge in [-0.3, -0.25) is 14.4 Å². The van der Waals surface area contributed by atoms with E-state index in [1.807, 2.05) is 18.2 Å². The average Bonchev–Trinajstić information content (AvgIpc) is 2.83. The van der Waals surface area contributed by atoms with E-state index in [0.29, 0.717) is 17.5 Å². The van der Waals surface area contributed by atoms with Crippen molar-refractivity contribution < 1.29 is 14.0 Å². The molecule has 1 aliphatic carbocycles. The van der Waals surface area contributed by atoms with Crippen LogP contribution in [-0.2, 0) is 23.3 Å². The zero-order valence-electron chi connectivity index (χ0n) is 20.6. The van der Waals surface area contributed by atoms with E-state index in [-0.39, 0.29) is 29.1 Å². The third-order valence-electron chi connectivity index (χ3n) is 7.52. The lowest BCUT2D eigenvalue weighted by atomic mass is 9.72. The smallest absolute Gasteiger partial charge is 0.254 e. The monoisotopic (exact) mass is 487 g/mol. The summed E-state index contributed by atoms with van der Waals surface area (Å²) in [5.41, 5.74) is 4.92. The number of benzene rings is 2. The Hall–Kier alpha value is -3.74. The van der Waals surface area contributed by atoms with Gasteiger partial charge < -0.3 is 15.6 Å². The Bertz CT molecular complexity index is 1420. The summed E-state index contributed by atoms with van der Waals surface area (Å²) in [4.78, 5) is 40.1. The Balaban J connectivity index is 1.37. The van der Waals surface area contributed by atoms with Crippen molar-refractivity contribution in [3.8, 4) is 11.1 Å². The van der Waals surface area contributed by atoms with Crippen LogP contribution in [0, 0.1) is 19.7 Å². The maximum atomic E-state index is 15.0. The normalized spacial score (nSPS) is 16.4. The lowest BCUT2D eigenvalue weighted by molar-refractivity contribution is -0.123. The van der Waals surface area contributed by atoms with Gasteiger partial charge in [0.1, 0.15) is 5.82 Å². The number of carbonyl (C=O) groups excluding carboxylic acids is 2.